The summed E-state index contributed by atoms with van der Waals surface area (Å²) in [6.45, 7) is 2.82. The largest absolute Gasteiger partial charge is 0.491 e. The molecule has 1 aromatic rings. The van der Waals surface area contributed by atoms with Crippen molar-refractivity contribution < 1.29 is 19.1 Å². The minimum Gasteiger partial charge on any atom is -0.491 e. The Hall–Kier alpha value is -1.67. The summed E-state index contributed by atoms with van der Waals surface area (Å²) in [6.07, 6.45) is 8.55. The maximum Gasteiger partial charge on any atom is 0.328 e. The lowest BCUT2D eigenvalue weighted by Gasteiger charge is -2.15. The first-order valence-electron chi connectivity index (χ1n) is 8.92. The Morgan fingerprint density at radius 3 is 2.07 bits per heavy atom. The van der Waals surface area contributed by atoms with E-state index in [4.69, 9.17) is 4.74 Å². The van der Waals surface area contributed by atoms with Gasteiger partial charge in [0.15, 0.2) is 0 Å². The molecular weight excluding hydrogens is 480 g/mol. The first-order valence-corrected chi connectivity index (χ1v) is 10.5. The number of rotatable bonds is 9. The first kappa shape index (κ1) is 21.6. The third-order valence-corrected chi connectivity index (χ3v) is 5.20. The molecule has 1 saturated heterocycles. The first-order chi connectivity index (χ1) is 12.9. The van der Waals surface area contributed by atoms with Crippen LogP contribution in [0.5, 0.6) is 5.75 Å². The minimum absolute atomic E-state index is 0.130. The van der Waals surface area contributed by atoms with Crippen LogP contribution in [0.25, 0.3) is 6.08 Å². The normalized spacial score (nSPS) is 14.0. The molecule has 0 saturated carbocycles. The Morgan fingerprint density at radius 1 is 0.926 bits per heavy atom. The van der Waals surface area contributed by atoms with E-state index >= 15 is 0 Å². The fourth-order valence-electron chi connectivity index (χ4n) is 2.63. The SMILES string of the molecule is CCCCCCCCOc1c(Br)cc(C=C2C(=O)NC(=O)NC2=O)cc1Br. The van der Waals surface area contributed by atoms with Crippen LogP contribution in [0.2, 0.25) is 0 Å². The second-order valence-corrected chi connectivity index (χ2v) is 7.93. The van der Waals surface area contributed by atoms with Gasteiger partial charge in [0.1, 0.15) is 11.3 Å². The van der Waals surface area contributed by atoms with Crippen molar-refractivity contribution >= 4 is 55.8 Å². The van der Waals surface area contributed by atoms with Crippen LogP contribution in [-0.4, -0.2) is 24.5 Å². The average Bonchev–Trinajstić information content (AvgIpc) is 2.59. The smallest absolute Gasteiger partial charge is 0.328 e. The van der Waals surface area contributed by atoms with E-state index in [1.807, 2.05) is 10.6 Å². The number of nitrogens with one attached hydrogen (secondary N) is 2. The molecule has 27 heavy (non-hydrogen) atoms. The lowest BCUT2D eigenvalue weighted by molar-refractivity contribution is -0.123. The fraction of sp³-hybridized carbons (Fsp3) is 0.421. The van der Waals surface area contributed by atoms with Crippen LogP contribution in [0.4, 0.5) is 4.79 Å². The number of hydrogen-bond donors (Lipinski definition) is 2. The van der Waals surface area contributed by atoms with E-state index < -0.39 is 17.8 Å². The van der Waals surface area contributed by atoms with Gasteiger partial charge < -0.3 is 4.74 Å². The molecule has 0 aromatic heterocycles. The highest BCUT2D eigenvalue weighted by molar-refractivity contribution is 9.11. The number of urea groups is 1. The number of ether oxygens (including phenoxy) is 1. The Kier molecular flexibility index (Phi) is 8.50. The number of carbonyl (C=O) groups excluding carboxylic acids is 3. The monoisotopic (exact) mass is 500 g/mol. The highest BCUT2D eigenvalue weighted by Crippen LogP contribution is 2.35. The van der Waals surface area contributed by atoms with Crippen LogP contribution in [0, 0.1) is 0 Å². The van der Waals surface area contributed by atoms with Crippen molar-refractivity contribution in [2.24, 2.45) is 0 Å². The third-order valence-electron chi connectivity index (χ3n) is 4.02. The molecule has 0 atom stereocenters. The number of unbranched alkanes of at least 4 members (excludes halogenated alkanes) is 5. The number of barbiturate groups is 1. The molecule has 146 valence electrons. The van der Waals surface area contributed by atoms with E-state index in [0.717, 1.165) is 12.8 Å². The molecule has 4 amide bonds. The molecule has 2 rings (SSSR count). The predicted octanol–water partition coefficient (Wildman–Crippen LogP) is 4.70. The molecule has 6 nitrogen and oxygen atoms in total. The summed E-state index contributed by atoms with van der Waals surface area (Å²) in [5.41, 5.74) is 0.490. The van der Waals surface area contributed by atoms with Crippen molar-refractivity contribution in [3.63, 3.8) is 0 Å². The van der Waals surface area contributed by atoms with E-state index in [1.165, 1.54) is 31.8 Å². The number of carbonyl (C=O) groups is 3. The van der Waals surface area contributed by atoms with Crippen molar-refractivity contribution in [3.8, 4) is 5.75 Å². The van der Waals surface area contributed by atoms with E-state index in [9.17, 15) is 14.4 Å². The summed E-state index contributed by atoms with van der Waals surface area (Å²) in [5.74, 6) is -0.766. The molecule has 1 heterocycles. The van der Waals surface area contributed by atoms with Crippen LogP contribution in [0.1, 0.15) is 51.0 Å². The van der Waals surface area contributed by atoms with Crippen molar-refractivity contribution in [2.75, 3.05) is 6.61 Å². The van der Waals surface area contributed by atoms with Crippen LogP contribution in [0.3, 0.4) is 0 Å². The summed E-state index contributed by atoms with van der Waals surface area (Å²) >= 11 is 6.93. The highest BCUT2D eigenvalue weighted by Gasteiger charge is 2.27. The van der Waals surface area contributed by atoms with Crippen LogP contribution < -0.4 is 15.4 Å². The number of imide groups is 2. The molecule has 1 aliphatic heterocycles. The van der Waals surface area contributed by atoms with Crippen molar-refractivity contribution in [2.45, 2.75) is 45.4 Å². The zero-order valence-corrected chi connectivity index (χ0v) is 18.2. The Morgan fingerprint density at radius 2 is 1.48 bits per heavy atom. The van der Waals surface area contributed by atoms with Gasteiger partial charge in [0, 0.05) is 0 Å². The van der Waals surface area contributed by atoms with Gasteiger partial charge in [-0.2, -0.15) is 0 Å². The van der Waals surface area contributed by atoms with E-state index in [1.54, 1.807) is 12.1 Å². The molecule has 0 spiro atoms. The van der Waals surface area contributed by atoms with Gasteiger partial charge in [0.25, 0.3) is 11.8 Å². The van der Waals surface area contributed by atoms with Gasteiger partial charge in [-0.25, -0.2) is 4.79 Å². The van der Waals surface area contributed by atoms with E-state index in [0.29, 0.717) is 26.9 Å². The zero-order valence-electron chi connectivity index (χ0n) is 15.1. The average molecular weight is 502 g/mol. The van der Waals surface area contributed by atoms with Crippen molar-refractivity contribution in [1.82, 2.24) is 10.6 Å². The van der Waals surface area contributed by atoms with Gasteiger partial charge >= 0.3 is 6.03 Å². The van der Waals surface area contributed by atoms with Gasteiger partial charge in [0.05, 0.1) is 15.6 Å². The van der Waals surface area contributed by atoms with Gasteiger partial charge in [-0.1, -0.05) is 39.0 Å². The van der Waals surface area contributed by atoms with Crippen molar-refractivity contribution in [1.29, 1.82) is 0 Å². The number of amides is 4. The highest BCUT2D eigenvalue weighted by atomic mass is 79.9. The number of halogens is 2. The predicted molar refractivity (Wildman–Crippen MR) is 110 cm³/mol. The van der Waals surface area contributed by atoms with Crippen LogP contribution in [-0.2, 0) is 9.59 Å². The standard InChI is InChI=1S/C19H22Br2N2O4/c1-2-3-4-5-6-7-8-27-16-14(20)10-12(11-15(16)21)9-13-17(24)22-19(26)23-18(13)25/h9-11H,2-8H2,1H3,(H2,22,23,24,25,26). The zero-order chi connectivity index (χ0) is 19.8. The Labute approximate surface area is 175 Å². The molecule has 0 unspecified atom stereocenters. The van der Waals surface area contributed by atoms with Gasteiger partial charge in [-0.3, -0.25) is 20.2 Å². The molecule has 0 bridgehead atoms. The minimum atomic E-state index is -0.817. The maximum atomic E-state index is 11.8. The Balaban J connectivity index is 2.00. The topological polar surface area (TPSA) is 84.5 Å². The lowest BCUT2D eigenvalue weighted by atomic mass is 10.1. The molecule has 8 heteroatoms. The second kappa shape index (κ2) is 10.6. The number of benzene rings is 1. The maximum absolute atomic E-state index is 11.8. The van der Waals surface area contributed by atoms with Crippen molar-refractivity contribution in [3.05, 3.63) is 32.2 Å². The quantitative estimate of drug-likeness (QED) is 0.292. The second-order valence-electron chi connectivity index (χ2n) is 6.23. The van der Waals surface area contributed by atoms with Gasteiger partial charge in [-0.05, 0) is 62.1 Å². The fourth-order valence-corrected chi connectivity index (χ4v) is 4.08. The van der Waals surface area contributed by atoms with Crippen LogP contribution >= 0.6 is 31.9 Å². The van der Waals surface area contributed by atoms with E-state index in [-0.39, 0.29) is 5.57 Å². The Bertz CT molecular complexity index is 717. The lowest BCUT2D eigenvalue weighted by Crippen LogP contribution is -2.51. The summed E-state index contributed by atoms with van der Waals surface area (Å²) in [4.78, 5) is 34.7. The molecule has 1 fully saturated rings. The molecule has 0 aliphatic carbocycles. The van der Waals surface area contributed by atoms with E-state index in [2.05, 4.69) is 38.8 Å². The molecule has 1 aliphatic rings. The summed E-state index contributed by atoms with van der Waals surface area (Å²) in [6, 6.07) is 2.69. The molecule has 1 aromatic carbocycles. The van der Waals surface area contributed by atoms with Gasteiger partial charge in [0.2, 0.25) is 0 Å². The summed E-state index contributed by atoms with van der Waals surface area (Å²) < 4.78 is 7.28. The molecular formula is C19H22Br2N2O4. The third kappa shape index (κ3) is 6.46. The van der Waals surface area contributed by atoms with Gasteiger partial charge in [-0.15, -0.1) is 0 Å². The number of hydrogen-bond acceptors (Lipinski definition) is 4. The molecule has 0 radical (unpaired) electrons. The van der Waals surface area contributed by atoms with Crippen LogP contribution in [0.15, 0.2) is 26.7 Å². The summed E-state index contributed by atoms with van der Waals surface area (Å²) in [7, 11) is 0. The molecule has 2 N–H and O–H groups in total. The summed E-state index contributed by atoms with van der Waals surface area (Å²) in [5, 5.41) is 4.09.